The minimum absolute atomic E-state index is 0.0380. The molecule has 252 valence electrons. The lowest BCUT2D eigenvalue weighted by Gasteiger charge is -2.41. The molecule has 46 heavy (non-hydrogen) atoms. The summed E-state index contributed by atoms with van der Waals surface area (Å²) in [6.45, 7) is 6.23. The SMILES string of the molecule is Cc1nc(CCC(=O)NCCN2CCC3(CCCCCc4ccccc4OCCNC3=O)CC2)cc(C2CCCN2S(C)(=O)=O)n1. The van der Waals surface area contributed by atoms with Gasteiger partial charge in [0.25, 0.3) is 0 Å². The van der Waals surface area contributed by atoms with Crippen LogP contribution in [-0.2, 0) is 32.5 Å². The Morgan fingerprint density at radius 2 is 1.89 bits per heavy atom. The maximum absolute atomic E-state index is 13.4. The van der Waals surface area contributed by atoms with E-state index in [0.29, 0.717) is 50.6 Å². The van der Waals surface area contributed by atoms with Crippen molar-refractivity contribution in [2.75, 3.05) is 52.1 Å². The number of aryl methyl sites for hydroxylation is 3. The highest BCUT2D eigenvalue weighted by Crippen LogP contribution is 2.38. The monoisotopic (exact) mass is 654 g/mol. The number of likely N-dealkylation sites (tertiary alicyclic amines) is 1. The van der Waals surface area contributed by atoms with Crippen LogP contribution in [0.1, 0.15) is 86.6 Å². The van der Waals surface area contributed by atoms with Crippen LogP contribution in [0.3, 0.4) is 0 Å². The van der Waals surface area contributed by atoms with Crippen LogP contribution >= 0.6 is 0 Å². The van der Waals surface area contributed by atoms with Crippen LogP contribution in [-0.4, -0.2) is 91.5 Å². The van der Waals surface area contributed by atoms with Crippen molar-refractivity contribution in [3.63, 3.8) is 0 Å². The number of hydrogen-bond acceptors (Lipinski definition) is 8. The van der Waals surface area contributed by atoms with Crippen LogP contribution in [0.2, 0.25) is 0 Å². The second kappa shape index (κ2) is 15.7. The minimum atomic E-state index is -3.32. The fourth-order valence-electron chi connectivity index (χ4n) is 7.18. The molecule has 2 amide bonds. The van der Waals surface area contributed by atoms with E-state index in [1.807, 2.05) is 18.2 Å². The Bertz CT molecular complexity index is 1460. The zero-order chi connectivity index (χ0) is 32.6. The second-order valence-corrected chi connectivity index (χ2v) is 15.0. The first-order valence-electron chi connectivity index (χ1n) is 16.9. The number of carbonyl (C=O) groups excluding carboxylic acids is 2. The van der Waals surface area contributed by atoms with Gasteiger partial charge < -0.3 is 20.3 Å². The second-order valence-electron chi connectivity index (χ2n) is 13.1. The number of aromatic nitrogens is 2. The highest BCUT2D eigenvalue weighted by Gasteiger charge is 2.40. The third-order valence-electron chi connectivity index (χ3n) is 9.75. The molecule has 2 aromatic rings. The summed E-state index contributed by atoms with van der Waals surface area (Å²) in [6, 6.07) is 9.78. The number of benzene rings is 1. The van der Waals surface area contributed by atoms with Crippen LogP contribution in [0.5, 0.6) is 5.75 Å². The molecular formula is C34H50N6O5S. The van der Waals surface area contributed by atoms with E-state index < -0.39 is 10.0 Å². The van der Waals surface area contributed by atoms with Crippen molar-refractivity contribution in [3.05, 3.63) is 53.1 Å². The molecule has 2 N–H and O–H groups in total. The molecule has 2 fully saturated rings. The molecule has 1 unspecified atom stereocenters. The van der Waals surface area contributed by atoms with E-state index in [0.717, 1.165) is 88.9 Å². The van der Waals surface area contributed by atoms with Crippen molar-refractivity contribution in [2.24, 2.45) is 5.41 Å². The number of ether oxygens (including phenoxy) is 1. The standard InChI is InChI=1S/C34H50N6O5S/c1-26-37-28(25-29(38-26)30-11-8-20-40(30)46(2,43)44)13-14-32(41)35-18-23-39-21-16-34(17-22-39)15-7-3-4-9-27-10-5-6-12-31(27)45-24-19-36-33(34)42/h5-6,10,12,25,30H,3-4,7-9,11,13-24H2,1-2H3,(H,35,41)(H,36,42). The first-order chi connectivity index (χ1) is 22.1. The highest BCUT2D eigenvalue weighted by atomic mass is 32.2. The Hall–Kier alpha value is -3.09. The van der Waals surface area contributed by atoms with Gasteiger partial charge in [0.1, 0.15) is 18.2 Å². The van der Waals surface area contributed by atoms with Gasteiger partial charge in [-0.1, -0.05) is 31.0 Å². The number of fused-ring (bicyclic) bond motifs is 1. The molecule has 0 saturated carbocycles. The van der Waals surface area contributed by atoms with Crippen molar-refractivity contribution in [1.82, 2.24) is 29.8 Å². The number of para-hydroxylation sites is 1. The molecule has 1 spiro atoms. The van der Waals surface area contributed by atoms with Gasteiger partial charge in [-0.3, -0.25) is 9.59 Å². The number of amides is 2. The van der Waals surface area contributed by atoms with Crippen LogP contribution in [0, 0.1) is 12.3 Å². The van der Waals surface area contributed by atoms with E-state index in [1.54, 1.807) is 6.92 Å². The Morgan fingerprint density at radius 1 is 1.09 bits per heavy atom. The molecule has 1 aromatic heterocycles. The van der Waals surface area contributed by atoms with Gasteiger partial charge in [0, 0.05) is 31.7 Å². The maximum atomic E-state index is 13.4. The summed E-state index contributed by atoms with van der Waals surface area (Å²) in [5, 5.41) is 6.21. The Labute approximate surface area is 273 Å². The number of nitrogens with one attached hydrogen (secondary N) is 2. The smallest absolute Gasteiger partial charge is 0.226 e. The minimum Gasteiger partial charge on any atom is -0.491 e. The van der Waals surface area contributed by atoms with Crippen molar-refractivity contribution >= 4 is 21.8 Å². The summed E-state index contributed by atoms with van der Waals surface area (Å²) < 4.78 is 32.0. The van der Waals surface area contributed by atoms with Crippen molar-refractivity contribution < 1.29 is 22.7 Å². The summed E-state index contributed by atoms with van der Waals surface area (Å²) in [5.41, 5.74) is 2.36. The molecule has 4 heterocycles. The lowest BCUT2D eigenvalue weighted by molar-refractivity contribution is -0.134. The Kier molecular flexibility index (Phi) is 11.7. The lowest BCUT2D eigenvalue weighted by Crippen LogP contribution is -2.50. The first kappa shape index (κ1) is 34.3. The number of rotatable bonds is 8. The van der Waals surface area contributed by atoms with Gasteiger partial charge in [-0.2, -0.15) is 4.31 Å². The summed E-state index contributed by atoms with van der Waals surface area (Å²) in [5.74, 6) is 1.62. The highest BCUT2D eigenvalue weighted by molar-refractivity contribution is 7.88. The van der Waals surface area contributed by atoms with E-state index in [1.165, 1.54) is 16.1 Å². The normalized spacial score (nSPS) is 21.7. The molecule has 1 atom stereocenters. The van der Waals surface area contributed by atoms with E-state index in [4.69, 9.17) is 4.74 Å². The van der Waals surface area contributed by atoms with Gasteiger partial charge in [-0.15, -0.1) is 0 Å². The molecular weight excluding hydrogens is 604 g/mol. The van der Waals surface area contributed by atoms with Crippen LogP contribution in [0.4, 0.5) is 0 Å². The van der Waals surface area contributed by atoms with Crippen LogP contribution < -0.4 is 15.4 Å². The number of piperidine rings is 1. The third-order valence-corrected chi connectivity index (χ3v) is 11.0. The summed E-state index contributed by atoms with van der Waals surface area (Å²) in [7, 11) is -3.32. The van der Waals surface area contributed by atoms with Crippen LogP contribution in [0.15, 0.2) is 30.3 Å². The zero-order valence-corrected chi connectivity index (χ0v) is 28.2. The molecule has 12 heteroatoms. The number of carbonyl (C=O) groups is 2. The summed E-state index contributed by atoms with van der Waals surface area (Å²) >= 11 is 0. The van der Waals surface area contributed by atoms with Crippen LogP contribution in [0.25, 0.3) is 0 Å². The topological polar surface area (TPSA) is 134 Å². The molecule has 0 radical (unpaired) electrons. The van der Waals surface area contributed by atoms with Crippen molar-refractivity contribution in [2.45, 2.75) is 83.6 Å². The van der Waals surface area contributed by atoms with Gasteiger partial charge in [-0.25, -0.2) is 18.4 Å². The molecule has 5 rings (SSSR count). The fraction of sp³-hybridized carbons (Fsp3) is 0.647. The average molecular weight is 655 g/mol. The zero-order valence-electron chi connectivity index (χ0n) is 27.4. The predicted molar refractivity (Wildman–Crippen MR) is 177 cm³/mol. The molecule has 1 aromatic carbocycles. The summed E-state index contributed by atoms with van der Waals surface area (Å²) in [6.07, 6.45) is 10.3. The third kappa shape index (κ3) is 9.04. The average Bonchev–Trinajstić information content (AvgIpc) is 3.54. The maximum Gasteiger partial charge on any atom is 0.226 e. The van der Waals surface area contributed by atoms with Gasteiger partial charge in [0.15, 0.2) is 0 Å². The molecule has 0 aliphatic carbocycles. The Balaban J connectivity index is 1.05. The predicted octanol–water partition coefficient (Wildman–Crippen LogP) is 3.32. The molecule has 2 saturated heterocycles. The molecule has 11 nitrogen and oxygen atoms in total. The first-order valence-corrected chi connectivity index (χ1v) is 18.8. The van der Waals surface area contributed by atoms with Gasteiger partial charge in [0.05, 0.1) is 30.0 Å². The Morgan fingerprint density at radius 3 is 2.70 bits per heavy atom. The van der Waals surface area contributed by atoms with Gasteiger partial charge in [0.2, 0.25) is 21.8 Å². The molecule has 3 aliphatic heterocycles. The number of nitrogens with zero attached hydrogens (tertiary/aromatic N) is 4. The molecule has 3 aliphatic rings. The van der Waals surface area contributed by atoms with E-state index in [-0.39, 0.29) is 23.3 Å². The van der Waals surface area contributed by atoms with Crippen molar-refractivity contribution in [1.29, 1.82) is 0 Å². The largest absolute Gasteiger partial charge is 0.491 e. The molecule has 0 bridgehead atoms. The number of hydrogen-bond donors (Lipinski definition) is 2. The van der Waals surface area contributed by atoms with Gasteiger partial charge in [-0.05, 0) is 89.1 Å². The quantitative estimate of drug-likeness (QED) is 0.443. The fourth-order valence-corrected chi connectivity index (χ4v) is 8.32. The lowest BCUT2D eigenvalue weighted by atomic mass is 9.73. The van der Waals surface area contributed by atoms with Crippen molar-refractivity contribution in [3.8, 4) is 5.75 Å². The van der Waals surface area contributed by atoms with E-state index >= 15 is 0 Å². The number of sulfonamides is 1. The van der Waals surface area contributed by atoms with Gasteiger partial charge >= 0.3 is 0 Å². The summed E-state index contributed by atoms with van der Waals surface area (Å²) in [4.78, 5) is 37.5. The van der Waals surface area contributed by atoms with E-state index in [9.17, 15) is 18.0 Å². The van der Waals surface area contributed by atoms with E-state index in [2.05, 4.69) is 37.6 Å².